The van der Waals surface area contributed by atoms with Gasteiger partial charge in [-0.2, -0.15) is 0 Å². The number of hydrogen-bond donors (Lipinski definition) is 2. The number of ether oxygens (including phenoxy) is 1. The average Bonchev–Trinajstić information content (AvgIpc) is 2.17. The standard InChI is InChI=1S/C11H16FNO2/c1-8(14)6-13-7-9-3-4-11(15-2)10(12)5-9/h3-5,8,13-14H,6-7H2,1-2H3/t8-/m1/s1. The van der Waals surface area contributed by atoms with E-state index < -0.39 is 6.10 Å². The Hall–Kier alpha value is -1.13. The Morgan fingerprint density at radius 3 is 2.80 bits per heavy atom. The minimum absolute atomic E-state index is 0.245. The molecule has 0 radical (unpaired) electrons. The highest BCUT2D eigenvalue weighted by molar-refractivity contribution is 5.29. The number of aliphatic hydroxyl groups excluding tert-OH is 1. The van der Waals surface area contributed by atoms with E-state index in [0.717, 1.165) is 5.56 Å². The predicted octanol–water partition coefficient (Wildman–Crippen LogP) is 1.30. The number of rotatable bonds is 5. The highest BCUT2D eigenvalue weighted by Gasteiger charge is 2.03. The van der Waals surface area contributed by atoms with Crippen LogP contribution in [0.3, 0.4) is 0 Å². The van der Waals surface area contributed by atoms with Crippen molar-refractivity contribution in [3.05, 3.63) is 29.6 Å². The fourth-order valence-electron chi connectivity index (χ4n) is 1.25. The molecule has 0 unspecified atom stereocenters. The zero-order valence-electron chi connectivity index (χ0n) is 8.96. The van der Waals surface area contributed by atoms with Gasteiger partial charge < -0.3 is 15.2 Å². The second kappa shape index (κ2) is 5.68. The summed E-state index contributed by atoms with van der Waals surface area (Å²) in [5.74, 6) is -0.122. The summed E-state index contributed by atoms with van der Waals surface area (Å²) in [5, 5.41) is 12.0. The number of methoxy groups -OCH3 is 1. The summed E-state index contributed by atoms with van der Waals surface area (Å²) in [4.78, 5) is 0. The van der Waals surface area contributed by atoms with Crippen molar-refractivity contribution in [2.45, 2.75) is 19.6 Å². The summed E-state index contributed by atoms with van der Waals surface area (Å²) in [6.45, 7) is 2.72. The summed E-state index contributed by atoms with van der Waals surface area (Å²) in [5.41, 5.74) is 0.828. The van der Waals surface area contributed by atoms with E-state index in [1.807, 2.05) is 0 Å². The monoisotopic (exact) mass is 213 g/mol. The molecule has 1 aromatic carbocycles. The van der Waals surface area contributed by atoms with Crippen LogP contribution in [0.1, 0.15) is 12.5 Å². The topological polar surface area (TPSA) is 41.5 Å². The van der Waals surface area contributed by atoms with E-state index in [1.165, 1.54) is 13.2 Å². The molecule has 0 fully saturated rings. The molecule has 0 saturated heterocycles. The lowest BCUT2D eigenvalue weighted by molar-refractivity contribution is 0.191. The molecule has 15 heavy (non-hydrogen) atoms. The molecule has 0 saturated carbocycles. The van der Waals surface area contributed by atoms with Crippen molar-refractivity contribution in [3.8, 4) is 5.75 Å². The average molecular weight is 213 g/mol. The number of halogens is 1. The van der Waals surface area contributed by atoms with E-state index >= 15 is 0 Å². The first-order valence-corrected chi connectivity index (χ1v) is 4.84. The molecule has 0 heterocycles. The van der Waals surface area contributed by atoms with Crippen LogP contribution < -0.4 is 10.1 Å². The zero-order valence-corrected chi connectivity index (χ0v) is 8.96. The molecular formula is C11H16FNO2. The third kappa shape index (κ3) is 3.85. The van der Waals surface area contributed by atoms with Crippen molar-refractivity contribution in [3.63, 3.8) is 0 Å². The summed E-state index contributed by atoms with van der Waals surface area (Å²) in [6, 6.07) is 4.81. The van der Waals surface area contributed by atoms with Crippen LogP contribution in [-0.2, 0) is 6.54 Å². The van der Waals surface area contributed by atoms with E-state index in [-0.39, 0.29) is 11.6 Å². The lowest BCUT2D eigenvalue weighted by atomic mass is 10.2. The van der Waals surface area contributed by atoms with Crippen molar-refractivity contribution in [2.75, 3.05) is 13.7 Å². The van der Waals surface area contributed by atoms with E-state index in [2.05, 4.69) is 5.32 Å². The molecule has 1 rings (SSSR count). The third-order valence-corrected chi connectivity index (χ3v) is 1.99. The Kier molecular flexibility index (Phi) is 4.52. The van der Waals surface area contributed by atoms with Gasteiger partial charge in [0.1, 0.15) is 0 Å². The highest BCUT2D eigenvalue weighted by Crippen LogP contribution is 2.17. The van der Waals surface area contributed by atoms with Crippen LogP contribution in [-0.4, -0.2) is 24.9 Å². The molecule has 0 aliphatic rings. The molecule has 0 aromatic heterocycles. The molecule has 1 aromatic rings. The molecule has 2 N–H and O–H groups in total. The van der Waals surface area contributed by atoms with Crippen LogP contribution >= 0.6 is 0 Å². The first kappa shape index (κ1) is 11.9. The van der Waals surface area contributed by atoms with Crippen molar-refractivity contribution >= 4 is 0 Å². The fraction of sp³-hybridized carbons (Fsp3) is 0.455. The highest BCUT2D eigenvalue weighted by atomic mass is 19.1. The summed E-state index contributed by atoms with van der Waals surface area (Å²) < 4.78 is 18.0. The number of benzene rings is 1. The van der Waals surface area contributed by atoms with Crippen molar-refractivity contribution in [2.24, 2.45) is 0 Å². The van der Waals surface area contributed by atoms with E-state index in [9.17, 15) is 4.39 Å². The number of nitrogens with one attached hydrogen (secondary N) is 1. The van der Waals surface area contributed by atoms with Crippen LogP contribution in [0.5, 0.6) is 5.75 Å². The normalized spacial score (nSPS) is 12.5. The Bertz CT molecular complexity index is 315. The molecule has 0 aliphatic heterocycles. The quantitative estimate of drug-likeness (QED) is 0.774. The molecule has 0 aliphatic carbocycles. The second-order valence-electron chi connectivity index (χ2n) is 3.45. The maximum absolute atomic E-state index is 13.2. The molecule has 1 atom stereocenters. The van der Waals surface area contributed by atoms with Gasteiger partial charge in [-0.3, -0.25) is 0 Å². The second-order valence-corrected chi connectivity index (χ2v) is 3.45. The smallest absolute Gasteiger partial charge is 0.165 e. The van der Waals surface area contributed by atoms with Gasteiger partial charge >= 0.3 is 0 Å². The van der Waals surface area contributed by atoms with E-state index in [1.54, 1.807) is 19.1 Å². The van der Waals surface area contributed by atoms with Crippen LogP contribution in [0.2, 0.25) is 0 Å². The molecule has 0 bridgehead atoms. The maximum Gasteiger partial charge on any atom is 0.165 e. The van der Waals surface area contributed by atoms with Crippen LogP contribution in [0.15, 0.2) is 18.2 Å². The van der Waals surface area contributed by atoms with Crippen molar-refractivity contribution < 1.29 is 14.2 Å². The minimum Gasteiger partial charge on any atom is -0.494 e. The first-order valence-electron chi connectivity index (χ1n) is 4.84. The van der Waals surface area contributed by atoms with Gasteiger partial charge in [0.15, 0.2) is 11.6 Å². The summed E-state index contributed by atoms with van der Waals surface area (Å²) in [6.07, 6.45) is -0.395. The SMILES string of the molecule is COc1ccc(CNC[C@@H](C)O)cc1F. The van der Waals surface area contributed by atoms with Gasteiger partial charge in [-0.15, -0.1) is 0 Å². The molecule has 3 nitrogen and oxygen atoms in total. The number of hydrogen-bond acceptors (Lipinski definition) is 3. The molecule has 4 heteroatoms. The fourth-order valence-corrected chi connectivity index (χ4v) is 1.25. The van der Waals surface area contributed by atoms with Gasteiger partial charge in [0, 0.05) is 13.1 Å². The number of aliphatic hydroxyl groups is 1. The van der Waals surface area contributed by atoms with Gasteiger partial charge in [0.25, 0.3) is 0 Å². The summed E-state index contributed by atoms with van der Waals surface area (Å²) >= 11 is 0. The van der Waals surface area contributed by atoms with Crippen molar-refractivity contribution in [1.29, 1.82) is 0 Å². The first-order chi connectivity index (χ1) is 7.13. The molecular weight excluding hydrogens is 197 g/mol. The van der Waals surface area contributed by atoms with Gasteiger partial charge in [0.05, 0.1) is 13.2 Å². The van der Waals surface area contributed by atoms with Crippen LogP contribution in [0, 0.1) is 5.82 Å². The predicted molar refractivity (Wildman–Crippen MR) is 56.3 cm³/mol. The van der Waals surface area contributed by atoms with E-state index in [4.69, 9.17) is 9.84 Å². The van der Waals surface area contributed by atoms with Gasteiger partial charge in [-0.05, 0) is 24.6 Å². The molecule has 0 spiro atoms. The van der Waals surface area contributed by atoms with Gasteiger partial charge in [-0.1, -0.05) is 6.07 Å². The Labute approximate surface area is 88.9 Å². The maximum atomic E-state index is 13.2. The van der Waals surface area contributed by atoms with Crippen molar-refractivity contribution in [1.82, 2.24) is 5.32 Å². The molecule has 84 valence electrons. The lowest BCUT2D eigenvalue weighted by Crippen LogP contribution is -2.23. The zero-order chi connectivity index (χ0) is 11.3. The Morgan fingerprint density at radius 1 is 1.53 bits per heavy atom. The Balaban J connectivity index is 2.52. The third-order valence-electron chi connectivity index (χ3n) is 1.99. The van der Waals surface area contributed by atoms with E-state index in [0.29, 0.717) is 13.1 Å². The van der Waals surface area contributed by atoms with Crippen LogP contribution in [0.4, 0.5) is 4.39 Å². The minimum atomic E-state index is -0.395. The summed E-state index contributed by atoms with van der Waals surface area (Å²) in [7, 11) is 1.43. The molecule has 0 amide bonds. The largest absolute Gasteiger partial charge is 0.494 e. The van der Waals surface area contributed by atoms with Gasteiger partial charge in [0.2, 0.25) is 0 Å². The lowest BCUT2D eigenvalue weighted by Gasteiger charge is -2.08. The van der Waals surface area contributed by atoms with Crippen LogP contribution in [0.25, 0.3) is 0 Å². The Morgan fingerprint density at radius 2 is 2.27 bits per heavy atom. The van der Waals surface area contributed by atoms with Gasteiger partial charge in [-0.25, -0.2) is 4.39 Å².